The van der Waals surface area contributed by atoms with Crippen molar-refractivity contribution in [3.05, 3.63) is 27.4 Å². The summed E-state index contributed by atoms with van der Waals surface area (Å²) in [6.07, 6.45) is 2.29. The molecule has 1 heterocycles. The molecule has 2 N–H and O–H groups in total. The lowest BCUT2D eigenvalue weighted by Crippen LogP contribution is -2.27. The zero-order valence-electron chi connectivity index (χ0n) is 10.1. The minimum Gasteiger partial charge on any atom is -0.364 e. The number of hydrogen-bond donors (Lipinski definition) is 2. The van der Waals surface area contributed by atoms with E-state index in [4.69, 9.17) is 11.6 Å². The molecule has 1 saturated carbocycles. The molecule has 1 aliphatic carbocycles. The van der Waals surface area contributed by atoms with Gasteiger partial charge in [-0.1, -0.05) is 11.6 Å². The zero-order chi connectivity index (χ0) is 13.8. The summed E-state index contributed by atoms with van der Waals surface area (Å²) in [4.78, 5) is 25.5. The Morgan fingerprint density at radius 3 is 2.89 bits per heavy atom. The Labute approximate surface area is 114 Å². The fourth-order valence-electron chi connectivity index (χ4n) is 1.53. The van der Waals surface area contributed by atoms with Crippen LogP contribution in [0, 0.1) is 10.1 Å². The van der Waals surface area contributed by atoms with E-state index in [0.29, 0.717) is 6.04 Å². The Hall–Kier alpha value is -1.89. The van der Waals surface area contributed by atoms with Crippen LogP contribution in [0.3, 0.4) is 0 Å². The van der Waals surface area contributed by atoms with E-state index in [9.17, 15) is 14.9 Å². The van der Waals surface area contributed by atoms with E-state index in [-0.39, 0.29) is 35.5 Å². The van der Waals surface area contributed by atoms with Gasteiger partial charge in [0.25, 0.3) is 0 Å². The van der Waals surface area contributed by atoms with Gasteiger partial charge in [0.2, 0.25) is 11.7 Å². The second-order valence-electron chi connectivity index (χ2n) is 4.28. The molecule has 0 aliphatic heterocycles. The number of aromatic nitrogens is 1. The van der Waals surface area contributed by atoms with Crippen LogP contribution in [0.2, 0.25) is 5.15 Å². The molecule has 1 aliphatic rings. The molecule has 0 aromatic carbocycles. The highest BCUT2D eigenvalue weighted by Crippen LogP contribution is 2.23. The fourth-order valence-corrected chi connectivity index (χ4v) is 1.67. The molecule has 0 saturated heterocycles. The first-order valence-electron chi connectivity index (χ1n) is 5.90. The third-order valence-electron chi connectivity index (χ3n) is 2.62. The second kappa shape index (κ2) is 5.83. The zero-order valence-corrected chi connectivity index (χ0v) is 10.8. The summed E-state index contributed by atoms with van der Waals surface area (Å²) in [5, 5.41) is 16.5. The predicted molar refractivity (Wildman–Crippen MR) is 70.2 cm³/mol. The Kier molecular flexibility index (Phi) is 4.16. The maximum Gasteiger partial charge on any atom is 0.311 e. The van der Waals surface area contributed by atoms with E-state index in [1.54, 1.807) is 0 Å². The molecule has 7 nitrogen and oxygen atoms in total. The number of carbonyl (C=O) groups is 1. The topological polar surface area (TPSA) is 97.2 Å². The Balaban J connectivity index is 1.88. The van der Waals surface area contributed by atoms with Crippen molar-refractivity contribution in [1.82, 2.24) is 10.3 Å². The lowest BCUT2D eigenvalue weighted by Gasteiger charge is -2.06. The van der Waals surface area contributed by atoms with Crippen molar-refractivity contribution >= 4 is 29.0 Å². The number of hydrogen-bond acceptors (Lipinski definition) is 5. The standard InChI is InChI=1S/C11H13ClN4O3/c12-9-4-3-8(16(18)19)11(15-9)13-6-5-10(17)14-7-1-2-7/h3-4,7H,1-2,5-6H2,(H,13,15)(H,14,17). The summed E-state index contributed by atoms with van der Waals surface area (Å²) in [5.41, 5.74) is -0.160. The number of nitrogens with zero attached hydrogens (tertiary/aromatic N) is 2. The third-order valence-corrected chi connectivity index (χ3v) is 2.83. The minimum atomic E-state index is -0.546. The van der Waals surface area contributed by atoms with Gasteiger partial charge in [-0.3, -0.25) is 14.9 Å². The van der Waals surface area contributed by atoms with Gasteiger partial charge >= 0.3 is 5.69 Å². The molecule has 1 aromatic rings. The molecular weight excluding hydrogens is 272 g/mol. The van der Waals surface area contributed by atoms with Crippen molar-refractivity contribution in [3.63, 3.8) is 0 Å². The number of amides is 1. The van der Waals surface area contributed by atoms with E-state index in [2.05, 4.69) is 15.6 Å². The molecule has 102 valence electrons. The van der Waals surface area contributed by atoms with Gasteiger partial charge in [-0.2, -0.15) is 0 Å². The average molecular weight is 285 g/mol. The van der Waals surface area contributed by atoms with Crippen molar-refractivity contribution in [3.8, 4) is 0 Å². The number of pyridine rings is 1. The Morgan fingerprint density at radius 2 is 2.26 bits per heavy atom. The van der Waals surface area contributed by atoms with Crippen LogP contribution in [0.1, 0.15) is 19.3 Å². The monoisotopic (exact) mass is 284 g/mol. The summed E-state index contributed by atoms with van der Waals surface area (Å²) >= 11 is 5.69. The molecule has 2 rings (SSSR count). The van der Waals surface area contributed by atoms with Crippen molar-refractivity contribution in [2.45, 2.75) is 25.3 Å². The van der Waals surface area contributed by atoms with Gasteiger partial charge < -0.3 is 10.6 Å². The molecule has 0 unspecified atom stereocenters. The highest BCUT2D eigenvalue weighted by atomic mass is 35.5. The summed E-state index contributed by atoms with van der Waals surface area (Å²) < 4.78 is 0. The van der Waals surface area contributed by atoms with Crippen molar-refractivity contribution < 1.29 is 9.72 Å². The van der Waals surface area contributed by atoms with Crippen molar-refractivity contribution in [2.75, 3.05) is 11.9 Å². The van der Waals surface area contributed by atoms with Crippen LogP contribution < -0.4 is 10.6 Å². The highest BCUT2D eigenvalue weighted by Gasteiger charge is 2.23. The minimum absolute atomic E-state index is 0.0697. The lowest BCUT2D eigenvalue weighted by molar-refractivity contribution is -0.384. The lowest BCUT2D eigenvalue weighted by atomic mass is 10.3. The van der Waals surface area contributed by atoms with E-state index < -0.39 is 4.92 Å². The average Bonchev–Trinajstić information content (AvgIpc) is 3.12. The van der Waals surface area contributed by atoms with Gasteiger partial charge in [-0.15, -0.1) is 0 Å². The van der Waals surface area contributed by atoms with Crippen LogP contribution in [-0.2, 0) is 4.79 Å². The molecule has 0 spiro atoms. The van der Waals surface area contributed by atoms with Crippen molar-refractivity contribution in [2.24, 2.45) is 0 Å². The number of anilines is 1. The first-order chi connectivity index (χ1) is 9.06. The molecule has 1 amide bonds. The molecule has 1 fully saturated rings. The molecule has 19 heavy (non-hydrogen) atoms. The van der Waals surface area contributed by atoms with Gasteiger partial charge in [-0.25, -0.2) is 4.98 Å². The molecule has 8 heteroatoms. The van der Waals surface area contributed by atoms with Gasteiger partial charge in [-0.05, 0) is 18.9 Å². The number of nitrogens with one attached hydrogen (secondary N) is 2. The third kappa shape index (κ3) is 4.06. The van der Waals surface area contributed by atoms with Crippen LogP contribution >= 0.6 is 11.6 Å². The smallest absolute Gasteiger partial charge is 0.311 e. The van der Waals surface area contributed by atoms with Crippen LogP contribution in [0.15, 0.2) is 12.1 Å². The summed E-state index contributed by atoms with van der Waals surface area (Å²) in [6, 6.07) is 2.94. The maximum atomic E-state index is 11.4. The summed E-state index contributed by atoms with van der Waals surface area (Å²) in [7, 11) is 0. The molecular formula is C11H13ClN4O3. The molecule has 0 bridgehead atoms. The van der Waals surface area contributed by atoms with Gasteiger partial charge in [0.15, 0.2) is 0 Å². The van der Waals surface area contributed by atoms with Crippen LogP contribution in [-0.4, -0.2) is 28.4 Å². The number of carbonyl (C=O) groups excluding carboxylic acids is 1. The molecule has 0 radical (unpaired) electrons. The first kappa shape index (κ1) is 13.5. The van der Waals surface area contributed by atoms with Crippen molar-refractivity contribution in [1.29, 1.82) is 0 Å². The molecule has 1 aromatic heterocycles. The van der Waals surface area contributed by atoms with Crippen LogP contribution in [0.25, 0.3) is 0 Å². The quantitative estimate of drug-likeness (QED) is 0.471. The summed E-state index contributed by atoms with van der Waals surface area (Å²) in [5.74, 6) is 0.0106. The maximum absolute atomic E-state index is 11.4. The Morgan fingerprint density at radius 1 is 1.53 bits per heavy atom. The van der Waals surface area contributed by atoms with E-state index >= 15 is 0 Å². The number of halogens is 1. The van der Waals surface area contributed by atoms with Gasteiger partial charge in [0, 0.05) is 25.1 Å². The van der Waals surface area contributed by atoms with E-state index in [1.807, 2.05) is 0 Å². The molecule has 0 atom stereocenters. The van der Waals surface area contributed by atoms with Gasteiger partial charge in [0.1, 0.15) is 5.15 Å². The predicted octanol–water partition coefficient (Wildman–Crippen LogP) is 1.72. The van der Waals surface area contributed by atoms with Gasteiger partial charge in [0.05, 0.1) is 4.92 Å². The number of nitro groups is 1. The van der Waals surface area contributed by atoms with E-state index in [0.717, 1.165) is 12.8 Å². The normalized spacial score (nSPS) is 13.9. The summed E-state index contributed by atoms with van der Waals surface area (Å²) in [6.45, 7) is 0.271. The number of rotatable bonds is 6. The highest BCUT2D eigenvalue weighted by molar-refractivity contribution is 6.29. The van der Waals surface area contributed by atoms with Crippen LogP contribution in [0.5, 0.6) is 0 Å². The van der Waals surface area contributed by atoms with Crippen LogP contribution in [0.4, 0.5) is 11.5 Å². The van der Waals surface area contributed by atoms with E-state index in [1.165, 1.54) is 12.1 Å². The SMILES string of the molecule is O=C(CCNc1nc(Cl)ccc1[N+](=O)[O-])NC1CC1. The second-order valence-corrected chi connectivity index (χ2v) is 4.66. The first-order valence-corrected chi connectivity index (χ1v) is 6.28. The Bertz CT molecular complexity index is 505. The fraction of sp³-hybridized carbons (Fsp3) is 0.455. The largest absolute Gasteiger partial charge is 0.364 e.